The van der Waals surface area contributed by atoms with E-state index in [2.05, 4.69) is 5.32 Å². The fourth-order valence-electron chi connectivity index (χ4n) is 2.42. The first kappa shape index (κ1) is 17.2. The average Bonchev–Trinajstić information content (AvgIpc) is 2.64. The minimum atomic E-state index is -0.623. The monoisotopic (exact) mass is 349 g/mol. The Morgan fingerprint density at radius 1 is 0.846 bits per heavy atom. The quantitative estimate of drug-likeness (QED) is 0.615. The van der Waals surface area contributed by atoms with Gasteiger partial charge in [-0.2, -0.15) is 0 Å². The van der Waals surface area contributed by atoms with Gasteiger partial charge in [0.2, 0.25) is 0 Å². The van der Waals surface area contributed by atoms with E-state index in [1.165, 1.54) is 0 Å². The van der Waals surface area contributed by atoms with Gasteiger partial charge in [-0.1, -0.05) is 18.2 Å². The van der Waals surface area contributed by atoms with E-state index in [-0.39, 0.29) is 0 Å². The SMILES string of the molecule is COc1ccc(OC(=O)Nc2ccc(-c3ccc(N)cc3)cc2N)cc1. The van der Waals surface area contributed by atoms with Gasteiger partial charge >= 0.3 is 6.09 Å². The van der Waals surface area contributed by atoms with Crippen LogP contribution >= 0.6 is 0 Å². The number of ether oxygens (including phenoxy) is 2. The van der Waals surface area contributed by atoms with Crippen LogP contribution in [-0.2, 0) is 0 Å². The summed E-state index contributed by atoms with van der Waals surface area (Å²) in [4.78, 5) is 12.0. The van der Waals surface area contributed by atoms with Gasteiger partial charge in [0.25, 0.3) is 0 Å². The first-order chi connectivity index (χ1) is 12.5. The molecule has 0 bridgehead atoms. The van der Waals surface area contributed by atoms with Crippen molar-refractivity contribution in [3.05, 3.63) is 66.7 Å². The second kappa shape index (κ2) is 7.48. The van der Waals surface area contributed by atoms with Crippen LogP contribution < -0.4 is 26.3 Å². The summed E-state index contributed by atoms with van der Waals surface area (Å²) < 4.78 is 10.3. The van der Waals surface area contributed by atoms with Crippen LogP contribution in [0.4, 0.5) is 21.9 Å². The predicted octanol–water partition coefficient (Wildman–Crippen LogP) is 4.14. The lowest BCUT2D eigenvalue weighted by Gasteiger charge is -2.11. The highest BCUT2D eigenvalue weighted by atomic mass is 16.6. The Morgan fingerprint density at radius 3 is 2.08 bits per heavy atom. The minimum Gasteiger partial charge on any atom is -0.497 e. The number of methoxy groups -OCH3 is 1. The van der Waals surface area contributed by atoms with Crippen molar-refractivity contribution in [2.45, 2.75) is 0 Å². The molecule has 3 aromatic carbocycles. The van der Waals surface area contributed by atoms with E-state index in [4.69, 9.17) is 20.9 Å². The van der Waals surface area contributed by atoms with Crippen molar-refractivity contribution in [1.82, 2.24) is 0 Å². The highest BCUT2D eigenvalue weighted by Gasteiger charge is 2.09. The van der Waals surface area contributed by atoms with Gasteiger partial charge in [-0.15, -0.1) is 0 Å². The molecule has 1 amide bonds. The fraction of sp³-hybridized carbons (Fsp3) is 0.0500. The lowest BCUT2D eigenvalue weighted by Crippen LogP contribution is -2.17. The number of nitrogen functional groups attached to an aromatic ring is 2. The van der Waals surface area contributed by atoms with E-state index in [0.717, 1.165) is 11.1 Å². The molecule has 3 aromatic rings. The summed E-state index contributed by atoms with van der Waals surface area (Å²) in [5, 5.41) is 2.64. The maximum atomic E-state index is 12.0. The Labute approximate surface area is 151 Å². The summed E-state index contributed by atoms with van der Waals surface area (Å²) in [7, 11) is 1.57. The van der Waals surface area contributed by atoms with Crippen LogP contribution in [0.5, 0.6) is 11.5 Å². The highest BCUT2D eigenvalue weighted by Crippen LogP contribution is 2.28. The molecule has 6 nitrogen and oxygen atoms in total. The summed E-state index contributed by atoms with van der Waals surface area (Å²) in [6.07, 6.45) is -0.623. The molecule has 0 spiro atoms. The first-order valence-electron chi connectivity index (χ1n) is 7.93. The molecule has 0 saturated heterocycles. The molecule has 6 heteroatoms. The summed E-state index contributed by atoms with van der Waals surface area (Å²) in [6.45, 7) is 0. The summed E-state index contributed by atoms with van der Waals surface area (Å²) in [5.74, 6) is 1.08. The molecule has 0 saturated carbocycles. The van der Waals surface area contributed by atoms with Crippen LogP contribution in [0.1, 0.15) is 0 Å². The Morgan fingerprint density at radius 2 is 1.46 bits per heavy atom. The molecule has 0 aliphatic rings. The molecule has 26 heavy (non-hydrogen) atoms. The molecule has 0 aromatic heterocycles. The van der Waals surface area contributed by atoms with Crippen molar-refractivity contribution in [3.63, 3.8) is 0 Å². The Balaban J connectivity index is 1.69. The lowest BCUT2D eigenvalue weighted by atomic mass is 10.0. The number of amides is 1. The van der Waals surface area contributed by atoms with Crippen molar-refractivity contribution >= 4 is 23.2 Å². The number of hydrogen-bond donors (Lipinski definition) is 3. The number of carbonyl (C=O) groups is 1. The van der Waals surface area contributed by atoms with Gasteiger partial charge in [0.05, 0.1) is 18.5 Å². The number of benzene rings is 3. The number of rotatable bonds is 4. The largest absolute Gasteiger partial charge is 0.497 e. The van der Waals surface area contributed by atoms with Crippen molar-refractivity contribution in [2.24, 2.45) is 0 Å². The van der Waals surface area contributed by atoms with Crippen LogP contribution in [-0.4, -0.2) is 13.2 Å². The summed E-state index contributed by atoms with van der Waals surface area (Å²) in [5.41, 5.74) is 15.3. The minimum absolute atomic E-state index is 0.403. The summed E-state index contributed by atoms with van der Waals surface area (Å²) >= 11 is 0. The van der Waals surface area contributed by atoms with Crippen LogP contribution in [0.15, 0.2) is 66.7 Å². The van der Waals surface area contributed by atoms with Gasteiger partial charge in [0, 0.05) is 5.69 Å². The zero-order valence-corrected chi connectivity index (χ0v) is 14.2. The zero-order chi connectivity index (χ0) is 18.5. The first-order valence-corrected chi connectivity index (χ1v) is 7.93. The smallest absolute Gasteiger partial charge is 0.417 e. The van der Waals surface area contributed by atoms with Gasteiger partial charge in [-0.3, -0.25) is 5.32 Å². The molecule has 132 valence electrons. The molecule has 0 unspecified atom stereocenters. The third kappa shape index (κ3) is 4.05. The van der Waals surface area contributed by atoms with Gasteiger partial charge in [-0.05, 0) is 59.7 Å². The molecule has 0 aliphatic carbocycles. The van der Waals surface area contributed by atoms with E-state index in [0.29, 0.717) is 28.6 Å². The number of carbonyl (C=O) groups excluding carboxylic acids is 1. The number of anilines is 3. The standard InChI is InChI=1S/C20H19N3O3/c1-25-16-7-9-17(10-8-16)26-20(24)23-19-11-4-14(12-18(19)22)13-2-5-15(21)6-3-13/h2-12H,21-22H2,1H3,(H,23,24). The number of hydrogen-bond acceptors (Lipinski definition) is 5. The van der Waals surface area contributed by atoms with Crippen LogP contribution in [0.3, 0.4) is 0 Å². The number of nitrogens with two attached hydrogens (primary N) is 2. The number of nitrogens with one attached hydrogen (secondary N) is 1. The topological polar surface area (TPSA) is 99.6 Å². The maximum Gasteiger partial charge on any atom is 0.417 e. The summed E-state index contributed by atoms with van der Waals surface area (Å²) in [6, 6.07) is 19.6. The van der Waals surface area contributed by atoms with Crippen molar-refractivity contribution < 1.29 is 14.3 Å². The van der Waals surface area contributed by atoms with E-state index in [9.17, 15) is 4.79 Å². The van der Waals surface area contributed by atoms with Gasteiger partial charge in [0.1, 0.15) is 11.5 Å². The second-order valence-corrected chi connectivity index (χ2v) is 5.61. The van der Waals surface area contributed by atoms with E-state index < -0.39 is 6.09 Å². The normalized spacial score (nSPS) is 10.2. The average molecular weight is 349 g/mol. The van der Waals surface area contributed by atoms with Crippen molar-refractivity contribution in [3.8, 4) is 22.6 Å². The van der Waals surface area contributed by atoms with Gasteiger partial charge < -0.3 is 20.9 Å². The molecule has 3 rings (SSSR count). The van der Waals surface area contributed by atoms with Crippen LogP contribution in [0, 0.1) is 0 Å². The van der Waals surface area contributed by atoms with E-state index in [1.807, 2.05) is 30.3 Å². The van der Waals surface area contributed by atoms with Gasteiger partial charge in [0.15, 0.2) is 0 Å². The zero-order valence-electron chi connectivity index (χ0n) is 14.2. The molecule has 5 N–H and O–H groups in total. The predicted molar refractivity (Wildman–Crippen MR) is 103 cm³/mol. The van der Waals surface area contributed by atoms with E-state index >= 15 is 0 Å². The second-order valence-electron chi connectivity index (χ2n) is 5.61. The van der Waals surface area contributed by atoms with Crippen molar-refractivity contribution in [2.75, 3.05) is 23.9 Å². The van der Waals surface area contributed by atoms with Crippen LogP contribution in [0.2, 0.25) is 0 Å². The van der Waals surface area contributed by atoms with E-state index in [1.54, 1.807) is 43.5 Å². The molecule has 0 atom stereocenters. The fourth-order valence-corrected chi connectivity index (χ4v) is 2.42. The molecule has 0 fully saturated rings. The molecular weight excluding hydrogens is 330 g/mol. The Hall–Kier alpha value is -3.67. The molecular formula is C20H19N3O3. The third-order valence-electron chi connectivity index (χ3n) is 3.80. The maximum absolute atomic E-state index is 12.0. The highest BCUT2D eigenvalue weighted by molar-refractivity contribution is 5.91. The molecule has 0 heterocycles. The molecule has 0 radical (unpaired) electrons. The van der Waals surface area contributed by atoms with Crippen LogP contribution in [0.25, 0.3) is 11.1 Å². The Kier molecular flexibility index (Phi) is 4.94. The lowest BCUT2D eigenvalue weighted by molar-refractivity contribution is 0.215. The Bertz CT molecular complexity index is 907. The third-order valence-corrected chi connectivity index (χ3v) is 3.80. The molecule has 0 aliphatic heterocycles. The van der Waals surface area contributed by atoms with Crippen molar-refractivity contribution in [1.29, 1.82) is 0 Å². The van der Waals surface area contributed by atoms with Gasteiger partial charge in [-0.25, -0.2) is 4.79 Å².